The SMILES string of the molecule is CO/N=C(\C(=O)NC1C(=O)N2C(C(=O)O)=C(CI)CS[C@H]12)c1csc(NC(c2ccccc2)(c2ccccc2)c2ccccc2)n1. The van der Waals surface area contributed by atoms with Crippen LogP contribution in [0, 0.1) is 0 Å². The van der Waals surface area contributed by atoms with Crippen molar-refractivity contribution in [1.82, 2.24) is 15.2 Å². The van der Waals surface area contributed by atoms with Gasteiger partial charge < -0.3 is 20.6 Å². The highest BCUT2D eigenvalue weighted by Crippen LogP contribution is 2.42. The van der Waals surface area contributed by atoms with Crippen molar-refractivity contribution in [2.24, 2.45) is 5.16 Å². The highest BCUT2D eigenvalue weighted by molar-refractivity contribution is 14.1. The molecule has 0 radical (unpaired) electrons. The molecule has 3 heterocycles. The summed E-state index contributed by atoms with van der Waals surface area (Å²) in [4.78, 5) is 49.6. The van der Waals surface area contributed by atoms with Crippen molar-refractivity contribution in [3.05, 3.63) is 130 Å². The number of carbonyl (C=O) groups excluding carboxylic acids is 2. The van der Waals surface area contributed by atoms with Crippen LogP contribution in [0.3, 0.4) is 0 Å². The van der Waals surface area contributed by atoms with Crippen LogP contribution in [0.25, 0.3) is 0 Å². The molecule has 0 aliphatic carbocycles. The zero-order valence-corrected chi connectivity index (χ0v) is 28.2. The lowest BCUT2D eigenvalue weighted by atomic mass is 9.77. The molecule has 13 heteroatoms. The van der Waals surface area contributed by atoms with Crippen LogP contribution in [0.1, 0.15) is 22.4 Å². The number of nitrogens with one attached hydrogen (secondary N) is 2. The number of rotatable bonds is 11. The van der Waals surface area contributed by atoms with Gasteiger partial charge in [-0.2, -0.15) is 0 Å². The van der Waals surface area contributed by atoms with Gasteiger partial charge in [-0.05, 0) is 22.3 Å². The molecule has 6 rings (SSSR count). The molecule has 2 aliphatic rings. The van der Waals surface area contributed by atoms with Gasteiger partial charge in [0.15, 0.2) is 10.8 Å². The molecule has 4 aromatic rings. The van der Waals surface area contributed by atoms with Gasteiger partial charge in [0.05, 0.1) is 0 Å². The van der Waals surface area contributed by atoms with Crippen molar-refractivity contribution in [1.29, 1.82) is 0 Å². The molecule has 10 nitrogen and oxygen atoms in total. The quantitative estimate of drug-likeness (QED) is 0.0482. The van der Waals surface area contributed by atoms with E-state index in [-0.39, 0.29) is 17.1 Å². The Kier molecular flexibility index (Phi) is 9.42. The second-order valence-electron chi connectivity index (χ2n) is 10.4. The number of hydrogen-bond acceptors (Lipinski definition) is 9. The maximum absolute atomic E-state index is 13.6. The molecule has 0 spiro atoms. The minimum absolute atomic E-state index is 0.00613. The summed E-state index contributed by atoms with van der Waals surface area (Å²) in [5.74, 6) is -1.84. The Labute approximate surface area is 287 Å². The number of carboxylic acids is 1. The monoisotopic (exact) mass is 765 g/mol. The molecule has 0 bridgehead atoms. The summed E-state index contributed by atoms with van der Waals surface area (Å²) in [6.45, 7) is 0. The van der Waals surface area contributed by atoms with Crippen LogP contribution in [0.15, 0.2) is 113 Å². The van der Waals surface area contributed by atoms with E-state index in [1.165, 1.54) is 35.1 Å². The van der Waals surface area contributed by atoms with E-state index in [2.05, 4.69) is 74.8 Å². The Morgan fingerprint density at radius 1 is 1.02 bits per heavy atom. The molecular formula is C33H28IN5O5S2. The molecule has 1 fully saturated rings. The van der Waals surface area contributed by atoms with Gasteiger partial charge in [-0.1, -0.05) is 119 Å². The third-order valence-corrected chi connectivity index (χ3v) is 10.8. The second kappa shape index (κ2) is 13.6. The number of oxime groups is 1. The van der Waals surface area contributed by atoms with Crippen molar-refractivity contribution >= 4 is 74.3 Å². The number of alkyl halides is 1. The van der Waals surface area contributed by atoms with Gasteiger partial charge in [0.2, 0.25) is 0 Å². The number of fused-ring (bicyclic) bond motifs is 1. The molecule has 46 heavy (non-hydrogen) atoms. The maximum Gasteiger partial charge on any atom is 0.352 e. The van der Waals surface area contributed by atoms with Gasteiger partial charge in [-0.15, -0.1) is 23.1 Å². The number of amides is 2. The molecule has 1 aromatic heterocycles. The Bertz CT molecular complexity index is 1720. The zero-order chi connectivity index (χ0) is 32.3. The van der Waals surface area contributed by atoms with Gasteiger partial charge >= 0.3 is 5.97 Å². The van der Waals surface area contributed by atoms with Crippen LogP contribution in [0.4, 0.5) is 5.13 Å². The number of thiazole rings is 1. The number of anilines is 1. The number of benzene rings is 3. The van der Waals surface area contributed by atoms with Gasteiger partial charge in [0.1, 0.15) is 35.5 Å². The fourth-order valence-electron chi connectivity index (χ4n) is 5.67. The van der Waals surface area contributed by atoms with Gasteiger partial charge in [-0.3, -0.25) is 14.5 Å². The smallest absolute Gasteiger partial charge is 0.352 e. The normalized spacial score (nSPS) is 18.0. The van der Waals surface area contributed by atoms with E-state index in [0.717, 1.165) is 16.7 Å². The Morgan fingerprint density at radius 3 is 2.09 bits per heavy atom. The Hall–Kier alpha value is -4.21. The molecule has 3 aromatic carbocycles. The first-order valence-corrected chi connectivity index (χ1v) is 17.6. The average molecular weight is 766 g/mol. The van der Waals surface area contributed by atoms with E-state index in [0.29, 0.717) is 20.9 Å². The van der Waals surface area contributed by atoms with Crippen LogP contribution in [0.5, 0.6) is 0 Å². The summed E-state index contributed by atoms with van der Waals surface area (Å²) >= 11 is 4.81. The molecule has 2 aliphatic heterocycles. The number of nitrogens with zero attached hydrogens (tertiary/aromatic N) is 3. The highest BCUT2D eigenvalue weighted by atomic mass is 127. The second-order valence-corrected chi connectivity index (χ2v) is 13.1. The predicted octanol–water partition coefficient (Wildman–Crippen LogP) is 5.07. The minimum Gasteiger partial charge on any atom is -0.477 e. The third-order valence-electron chi connectivity index (χ3n) is 7.76. The Balaban J connectivity index is 1.30. The number of aliphatic carboxylic acids is 1. The van der Waals surface area contributed by atoms with Gasteiger partial charge in [-0.25, -0.2) is 9.78 Å². The minimum atomic E-state index is -1.16. The number of carboxylic acid groups (broad SMARTS) is 1. The number of thioether (sulfide) groups is 1. The highest BCUT2D eigenvalue weighted by Gasteiger charge is 2.54. The predicted molar refractivity (Wildman–Crippen MR) is 187 cm³/mol. The van der Waals surface area contributed by atoms with Crippen LogP contribution >= 0.6 is 45.7 Å². The van der Waals surface area contributed by atoms with E-state index < -0.39 is 34.7 Å². The molecule has 2 atom stereocenters. The molecule has 234 valence electrons. The van der Waals surface area contributed by atoms with Crippen LogP contribution in [0.2, 0.25) is 0 Å². The first-order chi connectivity index (χ1) is 22.4. The molecule has 3 N–H and O–H groups in total. The summed E-state index contributed by atoms with van der Waals surface area (Å²) in [5.41, 5.74) is 2.97. The third kappa shape index (κ3) is 5.78. The lowest BCUT2D eigenvalue weighted by Gasteiger charge is -2.49. The molecule has 2 amide bonds. The summed E-state index contributed by atoms with van der Waals surface area (Å²) in [5, 5.41) is 21.8. The summed E-state index contributed by atoms with van der Waals surface area (Å²) in [7, 11) is 1.33. The van der Waals surface area contributed by atoms with E-state index in [1.54, 1.807) is 5.38 Å². The summed E-state index contributed by atoms with van der Waals surface area (Å²) < 4.78 is 0.491. The van der Waals surface area contributed by atoms with Gasteiger partial charge in [0, 0.05) is 15.6 Å². The molecule has 0 saturated carbocycles. The van der Waals surface area contributed by atoms with E-state index in [4.69, 9.17) is 9.82 Å². The topological polar surface area (TPSA) is 133 Å². The number of hydrogen-bond donors (Lipinski definition) is 3. The zero-order valence-electron chi connectivity index (χ0n) is 24.4. The van der Waals surface area contributed by atoms with Crippen molar-refractivity contribution < 1.29 is 24.3 Å². The van der Waals surface area contributed by atoms with Gasteiger partial charge in [0.25, 0.3) is 11.8 Å². The number of halogens is 1. The summed E-state index contributed by atoms with van der Waals surface area (Å²) in [6, 6.07) is 29.3. The lowest BCUT2D eigenvalue weighted by Crippen LogP contribution is -2.71. The van der Waals surface area contributed by atoms with Crippen molar-refractivity contribution in [3.63, 3.8) is 0 Å². The van der Waals surface area contributed by atoms with Crippen LogP contribution < -0.4 is 10.6 Å². The van der Waals surface area contributed by atoms with Crippen molar-refractivity contribution in [3.8, 4) is 0 Å². The molecular weight excluding hydrogens is 737 g/mol. The lowest BCUT2D eigenvalue weighted by molar-refractivity contribution is -0.150. The maximum atomic E-state index is 13.6. The van der Waals surface area contributed by atoms with Crippen LogP contribution in [-0.2, 0) is 24.8 Å². The number of aromatic nitrogens is 1. The van der Waals surface area contributed by atoms with E-state index in [9.17, 15) is 19.5 Å². The first kappa shape index (κ1) is 31.8. The molecule has 1 saturated heterocycles. The standard InChI is InChI=1S/C33H28IN5O5S2/c1-44-38-25(28(40)36-26-29(41)39-27(31(42)43)20(17-34)18-45-30(26)39)24-19-46-32(35-24)37-33(21-11-5-2-6-12-21,22-13-7-3-8-14-22)23-15-9-4-10-16-23/h2-16,19,26,30H,17-18H2,1H3,(H,35,37)(H,36,40)(H,42,43)/b38-25-/t26?,30-/m1/s1. The van der Waals surface area contributed by atoms with Crippen LogP contribution in [-0.4, -0.2) is 67.2 Å². The fraction of sp³-hybridized carbons (Fsp3) is 0.182. The largest absolute Gasteiger partial charge is 0.477 e. The number of carbonyl (C=O) groups is 3. The van der Waals surface area contributed by atoms with Crippen molar-refractivity contribution in [2.75, 3.05) is 22.6 Å². The number of β-lactam (4-membered cyclic amide) rings is 1. The average Bonchev–Trinajstić information content (AvgIpc) is 3.56. The Morgan fingerprint density at radius 2 is 1.59 bits per heavy atom. The fourth-order valence-corrected chi connectivity index (χ4v) is 8.77. The van der Waals surface area contributed by atoms with E-state index >= 15 is 0 Å². The van der Waals surface area contributed by atoms with Crippen molar-refractivity contribution in [2.45, 2.75) is 17.0 Å². The first-order valence-electron chi connectivity index (χ1n) is 14.2. The summed E-state index contributed by atoms with van der Waals surface area (Å²) in [6.07, 6.45) is 0. The van der Waals surface area contributed by atoms with E-state index in [1.807, 2.05) is 54.6 Å². The molecule has 1 unspecified atom stereocenters.